The van der Waals surface area contributed by atoms with Gasteiger partial charge in [0.25, 0.3) is 0 Å². The molecule has 0 saturated heterocycles. The lowest BCUT2D eigenvalue weighted by Gasteiger charge is -2.25. The van der Waals surface area contributed by atoms with Crippen LogP contribution in [0, 0.1) is 6.92 Å². The minimum Gasteiger partial charge on any atom is -0.461 e. The van der Waals surface area contributed by atoms with Gasteiger partial charge in [0.15, 0.2) is 0 Å². The summed E-state index contributed by atoms with van der Waals surface area (Å²) in [7, 11) is 4.27. The van der Waals surface area contributed by atoms with Crippen LogP contribution in [0.25, 0.3) is 5.57 Å². The fraction of sp³-hybridized carbons (Fsp3) is 0.645. The van der Waals surface area contributed by atoms with Crippen molar-refractivity contribution in [3.05, 3.63) is 46.7 Å². The molecule has 0 amide bonds. The van der Waals surface area contributed by atoms with Crippen LogP contribution in [0.3, 0.4) is 0 Å². The molecule has 0 bridgehead atoms. The Labute approximate surface area is 214 Å². The summed E-state index contributed by atoms with van der Waals surface area (Å²) in [6, 6.07) is 6.45. The lowest BCUT2D eigenvalue weighted by atomic mass is 9.89. The fourth-order valence-corrected chi connectivity index (χ4v) is 4.32. The molecular weight excluding hydrogens is 434 g/mol. The van der Waals surface area contributed by atoms with E-state index in [1.165, 1.54) is 28.7 Å². The van der Waals surface area contributed by atoms with E-state index in [2.05, 4.69) is 57.1 Å². The molecule has 0 N–H and O–H groups in total. The summed E-state index contributed by atoms with van der Waals surface area (Å²) in [6.45, 7) is 11.2. The van der Waals surface area contributed by atoms with Crippen LogP contribution < -0.4 is 4.74 Å². The predicted molar refractivity (Wildman–Crippen MR) is 148 cm³/mol. The minimum atomic E-state index is -0.408. The fourth-order valence-electron chi connectivity index (χ4n) is 4.32. The summed E-state index contributed by atoms with van der Waals surface area (Å²) in [5.41, 5.74) is 5.00. The Kier molecular flexibility index (Phi) is 12.1. The highest BCUT2D eigenvalue weighted by Gasteiger charge is 2.20. The second kappa shape index (κ2) is 14.5. The highest BCUT2D eigenvalue weighted by molar-refractivity contribution is 5.73. The van der Waals surface area contributed by atoms with E-state index in [4.69, 9.17) is 9.47 Å². The van der Waals surface area contributed by atoms with Gasteiger partial charge in [0.2, 0.25) is 0 Å². The Morgan fingerprint density at radius 2 is 1.77 bits per heavy atom. The average molecular weight is 484 g/mol. The molecule has 1 aliphatic carbocycles. The number of carbonyl (C=O) groups excluding carboxylic acids is 1. The van der Waals surface area contributed by atoms with E-state index < -0.39 is 5.60 Å². The third kappa shape index (κ3) is 10.6. The van der Waals surface area contributed by atoms with Gasteiger partial charge in [-0.2, -0.15) is 0 Å². The lowest BCUT2D eigenvalue weighted by molar-refractivity contribution is -0.154. The number of esters is 1. The van der Waals surface area contributed by atoms with E-state index in [-0.39, 0.29) is 5.97 Å². The van der Waals surface area contributed by atoms with Crippen LogP contribution in [0.1, 0.15) is 109 Å². The molecule has 4 heteroatoms. The molecule has 0 aromatic heterocycles. The molecular formula is C31H49NO3. The second-order valence-electron chi connectivity index (χ2n) is 11.1. The zero-order valence-electron chi connectivity index (χ0n) is 23.5. The molecule has 1 aromatic rings. The number of ether oxygens (including phenoxy) is 2. The standard InChI is InChI=1S/C31H49NO3/c1-8-9-16-26(22-23-32(6)7)30-24(2)15-13-20-28(30)34-27(25-17-14-18-25)19-11-10-12-21-29(33)35-31(3,4)5/h13,15-16,20H,8-12,14,17-19,21-23H2,1-7H3/b26-16-. The zero-order valence-corrected chi connectivity index (χ0v) is 23.5. The second-order valence-corrected chi connectivity index (χ2v) is 11.1. The highest BCUT2D eigenvalue weighted by Crippen LogP contribution is 2.37. The maximum absolute atomic E-state index is 12.0. The molecule has 1 aliphatic rings. The van der Waals surface area contributed by atoms with Crippen LogP contribution >= 0.6 is 0 Å². The Balaban J connectivity index is 2.09. The van der Waals surface area contributed by atoms with E-state index >= 15 is 0 Å². The normalized spacial score (nSPS) is 14.2. The summed E-state index contributed by atoms with van der Waals surface area (Å²) in [5.74, 6) is 2.05. The molecule has 0 aliphatic heterocycles. The first-order valence-corrected chi connectivity index (χ1v) is 13.6. The highest BCUT2D eigenvalue weighted by atomic mass is 16.6. The Morgan fingerprint density at radius 1 is 1.06 bits per heavy atom. The van der Waals surface area contributed by atoms with Gasteiger partial charge >= 0.3 is 5.97 Å². The van der Waals surface area contributed by atoms with Crippen LogP contribution in [0.4, 0.5) is 0 Å². The monoisotopic (exact) mass is 483 g/mol. The number of hydrogen-bond donors (Lipinski definition) is 0. The maximum atomic E-state index is 12.0. The summed E-state index contributed by atoms with van der Waals surface area (Å²) >= 11 is 0. The molecule has 0 unspecified atom stereocenters. The number of aryl methyl sites for hydroxylation is 1. The molecule has 35 heavy (non-hydrogen) atoms. The Bertz CT molecular complexity index is 868. The molecule has 0 radical (unpaired) electrons. The van der Waals surface area contributed by atoms with Crippen molar-refractivity contribution >= 4 is 11.5 Å². The maximum Gasteiger partial charge on any atom is 0.306 e. The molecule has 1 aromatic carbocycles. The van der Waals surface area contributed by atoms with Crippen molar-refractivity contribution in [2.24, 2.45) is 0 Å². The van der Waals surface area contributed by atoms with Gasteiger partial charge < -0.3 is 14.4 Å². The summed E-state index contributed by atoms with van der Waals surface area (Å²) in [6.07, 6.45) is 13.5. The molecule has 0 heterocycles. The van der Waals surface area contributed by atoms with Gasteiger partial charge in [-0.3, -0.25) is 4.79 Å². The molecule has 1 saturated carbocycles. The van der Waals surface area contributed by atoms with Gasteiger partial charge in [-0.1, -0.05) is 38.0 Å². The largest absolute Gasteiger partial charge is 0.461 e. The van der Waals surface area contributed by atoms with Gasteiger partial charge in [-0.05, 0) is 110 Å². The molecule has 0 spiro atoms. The zero-order chi connectivity index (χ0) is 25.8. The van der Waals surface area contributed by atoms with E-state index in [1.54, 1.807) is 0 Å². The van der Waals surface area contributed by atoms with Gasteiger partial charge in [0, 0.05) is 24.9 Å². The first kappa shape index (κ1) is 29.2. The molecule has 196 valence electrons. The van der Waals surface area contributed by atoms with Gasteiger partial charge in [0.1, 0.15) is 17.1 Å². The number of hydrogen-bond acceptors (Lipinski definition) is 4. The molecule has 4 nitrogen and oxygen atoms in total. The van der Waals surface area contributed by atoms with Crippen molar-refractivity contribution in [3.8, 4) is 5.75 Å². The first-order chi connectivity index (χ1) is 16.6. The molecule has 0 atom stereocenters. The van der Waals surface area contributed by atoms with Crippen LogP contribution in [0.5, 0.6) is 5.75 Å². The van der Waals surface area contributed by atoms with Crippen LogP contribution in [-0.2, 0) is 9.53 Å². The average Bonchev–Trinajstić information content (AvgIpc) is 2.71. The number of nitrogens with zero attached hydrogens (tertiary/aromatic N) is 1. The van der Waals surface area contributed by atoms with Crippen LogP contribution in [0.15, 0.2) is 35.6 Å². The smallest absolute Gasteiger partial charge is 0.306 e. The van der Waals surface area contributed by atoms with E-state index in [0.717, 1.165) is 75.8 Å². The molecule has 2 rings (SSSR count). The predicted octanol–water partition coefficient (Wildman–Crippen LogP) is 8.24. The van der Waals surface area contributed by atoms with Crippen LogP contribution in [-0.4, -0.2) is 37.1 Å². The lowest BCUT2D eigenvalue weighted by Crippen LogP contribution is -2.23. The summed E-state index contributed by atoms with van der Waals surface area (Å²) in [5, 5.41) is 0. The van der Waals surface area contributed by atoms with E-state index in [9.17, 15) is 4.79 Å². The van der Waals surface area contributed by atoms with Gasteiger partial charge in [-0.25, -0.2) is 0 Å². The third-order valence-corrected chi connectivity index (χ3v) is 6.35. The number of rotatable bonds is 14. The Morgan fingerprint density at radius 3 is 2.37 bits per heavy atom. The summed E-state index contributed by atoms with van der Waals surface area (Å²) in [4.78, 5) is 14.2. The molecule has 1 fully saturated rings. The van der Waals surface area contributed by atoms with Crippen molar-refractivity contribution in [1.82, 2.24) is 4.90 Å². The quantitative estimate of drug-likeness (QED) is 0.152. The van der Waals surface area contributed by atoms with Crippen LogP contribution in [0.2, 0.25) is 0 Å². The first-order valence-electron chi connectivity index (χ1n) is 13.6. The SMILES string of the molecule is CCC/C=C(/CCN(C)C)c1c(C)cccc1OC(CCCCCC(=O)OC(C)(C)C)=C1CCC1. The van der Waals surface area contributed by atoms with E-state index in [1.807, 2.05) is 20.8 Å². The third-order valence-electron chi connectivity index (χ3n) is 6.35. The number of unbranched alkanes of at least 4 members (excludes halogenated alkanes) is 3. The van der Waals surface area contributed by atoms with E-state index in [0.29, 0.717) is 6.42 Å². The topological polar surface area (TPSA) is 38.8 Å². The van der Waals surface area contributed by atoms with Crippen molar-refractivity contribution in [2.45, 2.75) is 111 Å². The summed E-state index contributed by atoms with van der Waals surface area (Å²) < 4.78 is 12.2. The number of benzene rings is 1. The number of allylic oxidation sites excluding steroid dienone is 3. The van der Waals surface area contributed by atoms with Gasteiger partial charge in [-0.15, -0.1) is 0 Å². The van der Waals surface area contributed by atoms with Crippen molar-refractivity contribution in [3.63, 3.8) is 0 Å². The van der Waals surface area contributed by atoms with Gasteiger partial charge in [0.05, 0.1) is 0 Å². The van der Waals surface area contributed by atoms with Crippen molar-refractivity contribution in [1.29, 1.82) is 0 Å². The number of carbonyl (C=O) groups is 1. The minimum absolute atomic E-state index is 0.0974. The Hall–Kier alpha value is -2.07. The van der Waals surface area contributed by atoms with Crippen molar-refractivity contribution < 1.29 is 14.3 Å². The van der Waals surface area contributed by atoms with Crippen molar-refractivity contribution in [2.75, 3.05) is 20.6 Å².